The molecular formula is C16H15F2NO. The third-order valence-electron chi connectivity index (χ3n) is 3.04. The average Bonchev–Trinajstić information content (AvgIpc) is 2.39. The smallest absolute Gasteiger partial charge is 0.224 e. The molecule has 0 fully saturated rings. The summed E-state index contributed by atoms with van der Waals surface area (Å²) >= 11 is 0. The highest BCUT2D eigenvalue weighted by Gasteiger charge is 2.11. The maximum absolute atomic E-state index is 13.0. The second-order valence-corrected chi connectivity index (χ2v) is 4.72. The van der Waals surface area contributed by atoms with Gasteiger partial charge in [0, 0.05) is 12.1 Å². The Morgan fingerprint density at radius 1 is 1.10 bits per heavy atom. The number of hydrogen-bond donors (Lipinski definition) is 1. The molecule has 4 heteroatoms. The molecule has 1 N–H and O–H groups in total. The number of halogens is 2. The molecule has 0 aliphatic carbocycles. The number of carbonyl (C=O) groups is 1. The molecule has 2 aromatic carbocycles. The van der Waals surface area contributed by atoms with E-state index in [9.17, 15) is 13.6 Å². The van der Waals surface area contributed by atoms with Crippen LogP contribution in [0.15, 0.2) is 48.5 Å². The minimum atomic E-state index is -0.394. The van der Waals surface area contributed by atoms with Crippen molar-refractivity contribution < 1.29 is 13.6 Å². The van der Waals surface area contributed by atoms with E-state index in [0.29, 0.717) is 5.69 Å². The largest absolute Gasteiger partial charge is 0.326 e. The van der Waals surface area contributed by atoms with E-state index in [1.807, 2.05) is 6.92 Å². The first kappa shape index (κ1) is 14.2. The Morgan fingerprint density at radius 2 is 1.80 bits per heavy atom. The summed E-state index contributed by atoms with van der Waals surface area (Å²) in [5.41, 5.74) is 1.32. The van der Waals surface area contributed by atoms with E-state index >= 15 is 0 Å². The molecule has 0 heterocycles. The molecule has 1 amide bonds. The van der Waals surface area contributed by atoms with Crippen molar-refractivity contribution in [2.75, 3.05) is 5.32 Å². The van der Waals surface area contributed by atoms with Crippen molar-refractivity contribution in [3.05, 3.63) is 65.7 Å². The number of nitrogens with one attached hydrogen (secondary N) is 1. The molecule has 20 heavy (non-hydrogen) atoms. The third kappa shape index (κ3) is 3.88. The zero-order valence-electron chi connectivity index (χ0n) is 11.1. The van der Waals surface area contributed by atoms with Gasteiger partial charge in [0.2, 0.25) is 5.91 Å². The number of rotatable bonds is 4. The molecule has 0 saturated heterocycles. The highest BCUT2D eigenvalue weighted by atomic mass is 19.1. The van der Waals surface area contributed by atoms with Gasteiger partial charge in [0.05, 0.1) is 0 Å². The predicted octanol–water partition coefficient (Wildman–Crippen LogP) is 4.10. The number of carbonyl (C=O) groups excluding carboxylic acids is 1. The quantitative estimate of drug-likeness (QED) is 0.894. The maximum Gasteiger partial charge on any atom is 0.224 e. The number of hydrogen-bond acceptors (Lipinski definition) is 1. The lowest BCUT2D eigenvalue weighted by atomic mass is 9.97. The van der Waals surface area contributed by atoms with Crippen molar-refractivity contribution in [1.29, 1.82) is 0 Å². The summed E-state index contributed by atoms with van der Waals surface area (Å²) in [6.45, 7) is 1.89. The van der Waals surface area contributed by atoms with Gasteiger partial charge in [-0.2, -0.15) is 0 Å². The molecular weight excluding hydrogens is 260 g/mol. The molecule has 0 aliphatic rings. The van der Waals surface area contributed by atoms with E-state index in [-0.39, 0.29) is 24.1 Å². The lowest BCUT2D eigenvalue weighted by Gasteiger charge is -2.12. The normalized spacial score (nSPS) is 11.9. The molecule has 0 spiro atoms. The SMILES string of the molecule is CC(CC(=O)Nc1cccc(F)c1)c1ccc(F)cc1. The van der Waals surface area contributed by atoms with Crippen LogP contribution in [0, 0.1) is 11.6 Å². The van der Waals surface area contributed by atoms with Gasteiger partial charge in [0.25, 0.3) is 0 Å². The van der Waals surface area contributed by atoms with Crippen LogP contribution in [0.1, 0.15) is 24.8 Å². The molecule has 2 nitrogen and oxygen atoms in total. The van der Waals surface area contributed by atoms with Gasteiger partial charge < -0.3 is 5.32 Å². The van der Waals surface area contributed by atoms with E-state index in [2.05, 4.69) is 5.32 Å². The first-order valence-corrected chi connectivity index (χ1v) is 6.35. The molecule has 0 aliphatic heterocycles. The summed E-state index contributed by atoms with van der Waals surface area (Å²) in [5.74, 6) is -0.934. The maximum atomic E-state index is 13.0. The van der Waals surface area contributed by atoms with Crippen LogP contribution in [0.3, 0.4) is 0 Å². The van der Waals surface area contributed by atoms with E-state index < -0.39 is 5.82 Å². The highest BCUT2D eigenvalue weighted by molar-refractivity contribution is 5.91. The third-order valence-corrected chi connectivity index (χ3v) is 3.04. The Kier molecular flexibility index (Phi) is 4.45. The van der Waals surface area contributed by atoms with Gasteiger partial charge >= 0.3 is 0 Å². The summed E-state index contributed by atoms with van der Waals surface area (Å²) in [6, 6.07) is 11.8. The summed E-state index contributed by atoms with van der Waals surface area (Å²) < 4.78 is 25.8. The van der Waals surface area contributed by atoms with Crippen LogP contribution >= 0.6 is 0 Å². The first-order valence-electron chi connectivity index (χ1n) is 6.35. The fourth-order valence-corrected chi connectivity index (χ4v) is 1.97. The van der Waals surface area contributed by atoms with Crippen LogP contribution in [-0.2, 0) is 4.79 Å². The van der Waals surface area contributed by atoms with Crippen LogP contribution in [0.4, 0.5) is 14.5 Å². The van der Waals surface area contributed by atoms with Crippen LogP contribution < -0.4 is 5.32 Å². The number of amides is 1. The highest BCUT2D eigenvalue weighted by Crippen LogP contribution is 2.20. The summed E-state index contributed by atoms with van der Waals surface area (Å²) in [6.07, 6.45) is 0.252. The van der Waals surface area contributed by atoms with E-state index in [1.54, 1.807) is 18.2 Å². The predicted molar refractivity (Wildman–Crippen MR) is 74.5 cm³/mol. The lowest BCUT2D eigenvalue weighted by molar-refractivity contribution is -0.116. The molecule has 0 radical (unpaired) electrons. The second kappa shape index (κ2) is 6.28. The van der Waals surface area contributed by atoms with Crippen molar-refractivity contribution in [3.8, 4) is 0 Å². The molecule has 1 atom stereocenters. The summed E-state index contributed by atoms with van der Waals surface area (Å²) in [5, 5.41) is 2.64. The minimum Gasteiger partial charge on any atom is -0.326 e. The van der Waals surface area contributed by atoms with Gasteiger partial charge in [0.15, 0.2) is 0 Å². The lowest BCUT2D eigenvalue weighted by Crippen LogP contribution is -2.14. The van der Waals surface area contributed by atoms with Crippen molar-refractivity contribution in [1.82, 2.24) is 0 Å². The molecule has 2 aromatic rings. The van der Waals surface area contributed by atoms with Gasteiger partial charge in [-0.15, -0.1) is 0 Å². The van der Waals surface area contributed by atoms with Gasteiger partial charge in [-0.25, -0.2) is 8.78 Å². The van der Waals surface area contributed by atoms with Crippen molar-refractivity contribution >= 4 is 11.6 Å². The summed E-state index contributed by atoms with van der Waals surface area (Å²) in [4.78, 5) is 11.9. The van der Waals surface area contributed by atoms with Crippen molar-refractivity contribution in [3.63, 3.8) is 0 Å². The van der Waals surface area contributed by atoms with Gasteiger partial charge in [0.1, 0.15) is 11.6 Å². The first-order chi connectivity index (χ1) is 9.54. The molecule has 0 aromatic heterocycles. The van der Waals surface area contributed by atoms with E-state index in [1.165, 1.54) is 30.3 Å². The molecule has 1 unspecified atom stereocenters. The van der Waals surface area contributed by atoms with Crippen LogP contribution in [0.25, 0.3) is 0 Å². The Morgan fingerprint density at radius 3 is 2.45 bits per heavy atom. The Hall–Kier alpha value is -2.23. The topological polar surface area (TPSA) is 29.1 Å². The standard InChI is InChI=1S/C16H15F2NO/c1-11(12-5-7-13(17)8-6-12)9-16(20)19-15-4-2-3-14(18)10-15/h2-8,10-11H,9H2,1H3,(H,19,20). The monoisotopic (exact) mass is 275 g/mol. The van der Waals surface area contributed by atoms with E-state index in [4.69, 9.17) is 0 Å². The van der Waals surface area contributed by atoms with Gasteiger partial charge in [-0.3, -0.25) is 4.79 Å². The van der Waals surface area contributed by atoms with E-state index in [0.717, 1.165) is 5.56 Å². The number of anilines is 1. The zero-order valence-corrected chi connectivity index (χ0v) is 11.1. The molecule has 104 valence electrons. The Bertz CT molecular complexity index is 596. The fourth-order valence-electron chi connectivity index (χ4n) is 1.97. The van der Waals surface area contributed by atoms with Crippen LogP contribution in [-0.4, -0.2) is 5.91 Å². The Labute approximate surface area is 116 Å². The van der Waals surface area contributed by atoms with Crippen molar-refractivity contribution in [2.45, 2.75) is 19.3 Å². The average molecular weight is 275 g/mol. The fraction of sp³-hybridized carbons (Fsp3) is 0.188. The van der Waals surface area contributed by atoms with Crippen LogP contribution in [0.2, 0.25) is 0 Å². The molecule has 2 rings (SSSR count). The number of benzene rings is 2. The zero-order chi connectivity index (χ0) is 14.5. The summed E-state index contributed by atoms with van der Waals surface area (Å²) in [7, 11) is 0. The van der Waals surface area contributed by atoms with Crippen LogP contribution in [0.5, 0.6) is 0 Å². The van der Waals surface area contributed by atoms with Gasteiger partial charge in [-0.1, -0.05) is 25.1 Å². The minimum absolute atomic E-state index is 0.0378. The second-order valence-electron chi connectivity index (χ2n) is 4.72. The van der Waals surface area contributed by atoms with Crippen molar-refractivity contribution in [2.24, 2.45) is 0 Å². The molecule has 0 saturated carbocycles. The molecule has 0 bridgehead atoms. The van der Waals surface area contributed by atoms with Gasteiger partial charge in [-0.05, 0) is 41.8 Å². The Balaban J connectivity index is 1.95.